The SMILES string of the molecule is C[C@H](c1ccccc1)N(C)C(=O)[C@@H](Nc1c(Nc2cc(C(F)(F)F)cc(C(F)(F)F)c2)c(=O)c1=O)C(C)(C)C. The molecule has 2 N–H and O–H groups in total. The highest BCUT2D eigenvalue weighted by molar-refractivity contribution is 5.89. The van der Waals surface area contributed by atoms with Gasteiger partial charge in [0.25, 0.3) is 10.9 Å². The van der Waals surface area contributed by atoms with E-state index in [1.165, 1.54) is 4.90 Å². The fourth-order valence-electron chi connectivity index (χ4n) is 3.96. The maximum atomic E-state index is 13.5. The Morgan fingerprint density at radius 2 is 1.31 bits per heavy atom. The predicted molar refractivity (Wildman–Crippen MR) is 136 cm³/mol. The van der Waals surface area contributed by atoms with E-state index >= 15 is 0 Å². The van der Waals surface area contributed by atoms with Gasteiger partial charge in [0.05, 0.1) is 17.2 Å². The zero-order valence-electron chi connectivity index (χ0n) is 21.7. The minimum Gasteiger partial charge on any atom is -0.368 e. The molecule has 0 aliphatic carbocycles. The fraction of sp³-hybridized carbons (Fsp3) is 0.370. The number of anilines is 3. The van der Waals surface area contributed by atoms with Crippen molar-refractivity contribution in [2.24, 2.45) is 5.41 Å². The van der Waals surface area contributed by atoms with E-state index in [9.17, 15) is 40.7 Å². The van der Waals surface area contributed by atoms with E-state index in [1.807, 2.05) is 30.3 Å². The molecule has 3 aromatic rings. The molecule has 0 bridgehead atoms. The van der Waals surface area contributed by atoms with E-state index in [2.05, 4.69) is 10.6 Å². The third kappa shape index (κ3) is 6.43. The standard InChI is InChI=1S/C27H27F6N3O3/c1-14(15-9-7-6-8-10-15)36(5)24(39)23(25(2,3)4)35-20-19(21(37)22(20)38)34-18-12-16(26(28,29)30)11-17(13-18)27(31,32)33/h6-14,23,34-35H,1-5H3/t14-,23-/m1/s1. The fourth-order valence-corrected chi connectivity index (χ4v) is 3.96. The van der Waals surface area contributed by atoms with Gasteiger partial charge in [0.15, 0.2) is 0 Å². The van der Waals surface area contributed by atoms with Gasteiger partial charge < -0.3 is 15.5 Å². The van der Waals surface area contributed by atoms with Crippen molar-refractivity contribution in [2.75, 3.05) is 17.7 Å². The van der Waals surface area contributed by atoms with Crippen molar-refractivity contribution in [2.45, 2.75) is 52.1 Å². The van der Waals surface area contributed by atoms with Crippen molar-refractivity contribution in [1.82, 2.24) is 4.90 Å². The zero-order chi connectivity index (χ0) is 29.5. The van der Waals surface area contributed by atoms with E-state index in [0.29, 0.717) is 12.1 Å². The van der Waals surface area contributed by atoms with Crippen LogP contribution in [-0.2, 0) is 17.1 Å². The summed E-state index contributed by atoms with van der Waals surface area (Å²) in [6.45, 7) is 6.89. The molecule has 6 nitrogen and oxygen atoms in total. The lowest BCUT2D eigenvalue weighted by atomic mass is 9.85. The average molecular weight is 556 g/mol. The van der Waals surface area contributed by atoms with Crippen LogP contribution in [0, 0.1) is 5.41 Å². The summed E-state index contributed by atoms with van der Waals surface area (Å²) in [6, 6.07) is 8.39. The summed E-state index contributed by atoms with van der Waals surface area (Å²) in [6.07, 6.45) is -10.2. The summed E-state index contributed by atoms with van der Waals surface area (Å²) in [4.78, 5) is 39.7. The number of hydrogen-bond donors (Lipinski definition) is 2. The molecular formula is C27H27F6N3O3. The molecule has 39 heavy (non-hydrogen) atoms. The number of benzene rings is 2. The first kappa shape index (κ1) is 29.7. The Bertz CT molecular complexity index is 1390. The molecule has 0 aliphatic rings. The molecular weight excluding hydrogens is 528 g/mol. The van der Waals surface area contributed by atoms with Crippen molar-refractivity contribution in [3.63, 3.8) is 0 Å². The van der Waals surface area contributed by atoms with Gasteiger partial charge in [-0.15, -0.1) is 0 Å². The predicted octanol–water partition coefficient (Wildman–Crippen LogP) is 6.11. The van der Waals surface area contributed by atoms with Crippen LogP contribution in [0.2, 0.25) is 0 Å². The Hall–Kier alpha value is -3.83. The molecule has 210 valence electrons. The van der Waals surface area contributed by atoms with Crippen molar-refractivity contribution < 1.29 is 31.1 Å². The highest BCUT2D eigenvalue weighted by Crippen LogP contribution is 2.38. The average Bonchev–Trinajstić information content (AvgIpc) is 2.85. The monoisotopic (exact) mass is 555 g/mol. The molecule has 0 aromatic heterocycles. The van der Waals surface area contributed by atoms with Crippen LogP contribution in [0.4, 0.5) is 43.4 Å². The lowest BCUT2D eigenvalue weighted by Gasteiger charge is -2.37. The Morgan fingerprint density at radius 3 is 1.77 bits per heavy atom. The summed E-state index contributed by atoms with van der Waals surface area (Å²) >= 11 is 0. The van der Waals surface area contributed by atoms with E-state index in [1.54, 1.807) is 34.7 Å². The van der Waals surface area contributed by atoms with Gasteiger partial charge in [0.1, 0.15) is 17.4 Å². The number of nitrogens with one attached hydrogen (secondary N) is 2. The smallest absolute Gasteiger partial charge is 0.368 e. The van der Waals surface area contributed by atoms with Crippen LogP contribution >= 0.6 is 0 Å². The summed E-state index contributed by atoms with van der Waals surface area (Å²) in [7, 11) is 1.56. The largest absolute Gasteiger partial charge is 0.416 e. The molecule has 0 radical (unpaired) electrons. The number of likely N-dealkylation sites (N-methyl/N-ethyl adjacent to an activating group) is 1. The lowest BCUT2D eigenvalue weighted by molar-refractivity contribution is -0.143. The maximum Gasteiger partial charge on any atom is 0.416 e. The molecule has 0 spiro atoms. The van der Waals surface area contributed by atoms with Crippen molar-refractivity contribution in [3.05, 3.63) is 85.7 Å². The lowest BCUT2D eigenvalue weighted by Crippen LogP contribution is -2.51. The van der Waals surface area contributed by atoms with Crippen molar-refractivity contribution in [3.8, 4) is 0 Å². The van der Waals surface area contributed by atoms with Crippen LogP contribution in [-0.4, -0.2) is 23.9 Å². The van der Waals surface area contributed by atoms with Crippen molar-refractivity contribution >= 4 is 23.0 Å². The van der Waals surface area contributed by atoms with Gasteiger partial charge >= 0.3 is 12.4 Å². The molecule has 0 fully saturated rings. The van der Waals surface area contributed by atoms with Gasteiger partial charge in [-0.05, 0) is 36.1 Å². The number of nitrogens with zero attached hydrogens (tertiary/aromatic N) is 1. The number of alkyl halides is 6. The third-order valence-electron chi connectivity index (χ3n) is 6.38. The second kappa shape index (κ2) is 10.4. The Kier molecular flexibility index (Phi) is 7.91. The van der Waals surface area contributed by atoms with Crippen LogP contribution in [0.3, 0.4) is 0 Å². The molecule has 1 amide bonds. The number of halogens is 6. The second-order valence-corrected chi connectivity index (χ2v) is 10.3. The molecule has 3 aromatic carbocycles. The van der Waals surface area contributed by atoms with Gasteiger partial charge in [-0.1, -0.05) is 51.1 Å². The number of rotatable bonds is 7. The summed E-state index contributed by atoms with van der Waals surface area (Å²) < 4.78 is 79.5. The topological polar surface area (TPSA) is 78.5 Å². The van der Waals surface area contributed by atoms with Gasteiger partial charge in [0.2, 0.25) is 5.91 Å². The van der Waals surface area contributed by atoms with E-state index in [0.717, 1.165) is 5.56 Å². The normalized spacial score (nSPS) is 14.1. The molecule has 12 heteroatoms. The third-order valence-corrected chi connectivity index (χ3v) is 6.38. The molecule has 0 heterocycles. The summed E-state index contributed by atoms with van der Waals surface area (Å²) in [5.74, 6) is -0.448. The molecule has 0 saturated heterocycles. The second-order valence-electron chi connectivity index (χ2n) is 10.3. The number of carbonyl (C=O) groups is 1. The minimum absolute atomic E-state index is 0.0511. The van der Waals surface area contributed by atoms with Crippen LogP contribution in [0.1, 0.15) is 50.4 Å². The van der Waals surface area contributed by atoms with E-state index in [4.69, 9.17) is 0 Å². The number of hydrogen-bond acceptors (Lipinski definition) is 5. The summed E-state index contributed by atoms with van der Waals surface area (Å²) in [5.41, 5.74) is -7.00. The van der Waals surface area contributed by atoms with E-state index < -0.39 is 68.8 Å². The molecule has 0 aliphatic heterocycles. The van der Waals surface area contributed by atoms with E-state index in [-0.39, 0.29) is 12.1 Å². The Morgan fingerprint density at radius 1 is 0.821 bits per heavy atom. The summed E-state index contributed by atoms with van der Waals surface area (Å²) in [5, 5.41) is 4.96. The zero-order valence-corrected chi connectivity index (χ0v) is 21.7. The van der Waals surface area contributed by atoms with Crippen LogP contribution in [0.15, 0.2) is 58.1 Å². The van der Waals surface area contributed by atoms with Gasteiger partial charge in [-0.25, -0.2) is 0 Å². The maximum absolute atomic E-state index is 13.5. The van der Waals surface area contributed by atoms with Gasteiger partial charge in [0, 0.05) is 12.7 Å². The van der Waals surface area contributed by atoms with Gasteiger partial charge in [-0.2, -0.15) is 26.3 Å². The molecule has 0 saturated carbocycles. The Balaban J connectivity index is 1.97. The Labute approximate surface area is 220 Å². The van der Waals surface area contributed by atoms with Crippen LogP contribution in [0.5, 0.6) is 0 Å². The first-order chi connectivity index (χ1) is 17.8. The quantitative estimate of drug-likeness (QED) is 0.272. The highest BCUT2D eigenvalue weighted by Gasteiger charge is 2.39. The van der Waals surface area contributed by atoms with Crippen LogP contribution in [0.25, 0.3) is 0 Å². The number of amides is 1. The first-order valence-electron chi connectivity index (χ1n) is 11.8. The van der Waals surface area contributed by atoms with Crippen molar-refractivity contribution in [1.29, 1.82) is 0 Å². The van der Waals surface area contributed by atoms with Gasteiger partial charge in [-0.3, -0.25) is 14.4 Å². The first-order valence-corrected chi connectivity index (χ1v) is 11.8. The molecule has 0 unspecified atom stereocenters. The molecule has 2 atom stereocenters. The highest BCUT2D eigenvalue weighted by atomic mass is 19.4. The van der Waals surface area contributed by atoms with Crippen LogP contribution < -0.4 is 21.5 Å². The number of carbonyl (C=O) groups excluding carboxylic acids is 1. The minimum atomic E-state index is -5.10. The molecule has 3 rings (SSSR count).